The van der Waals surface area contributed by atoms with Gasteiger partial charge in [-0.1, -0.05) is 67.6 Å². The van der Waals surface area contributed by atoms with Gasteiger partial charge in [-0.25, -0.2) is 0 Å². The third-order valence-corrected chi connectivity index (χ3v) is 2.27. The van der Waals surface area contributed by atoms with Crippen LogP contribution in [0.2, 0.25) is 0 Å². The van der Waals surface area contributed by atoms with Crippen LogP contribution >= 0.6 is 0 Å². The molecule has 0 bridgehead atoms. The Morgan fingerprint density at radius 1 is 0.889 bits per heavy atom. The van der Waals surface area contributed by atoms with Crippen LogP contribution in [0.3, 0.4) is 0 Å². The van der Waals surface area contributed by atoms with E-state index in [1.807, 2.05) is 19.1 Å². The van der Waals surface area contributed by atoms with Gasteiger partial charge in [0.2, 0.25) is 0 Å². The standard InChI is InChI=1S/C12H10.C4H8O2/c1-3-7-11(8-4-1)12-9-5-2-6-10-12;1-2-3-6-4-5/h1-10H;4H,2-3H2,1H3. The molecule has 0 fully saturated rings. The summed E-state index contributed by atoms with van der Waals surface area (Å²) in [5.41, 5.74) is 2.55. The van der Waals surface area contributed by atoms with Gasteiger partial charge in [0.1, 0.15) is 0 Å². The second-order valence-electron chi connectivity index (χ2n) is 3.70. The maximum atomic E-state index is 9.34. The van der Waals surface area contributed by atoms with Crippen molar-refractivity contribution in [3.63, 3.8) is 0 Å². The van der Waals surface area contributed by atoms with Crippen LogP contribution in [-0.4, -0.2) is 13.1 Å². The highest BCUT2D eigenvalue weighted by molar-refractivity contribution is 5.62. The van der Waals surface area contributed by atoms with Crippen molar-refractivity contribution < 1.29 is 9.53 Å². The zero-order chi connectivity index (χ0) is 13.1. The van der Waals surface area contributed by atoms with Crippen molar-refractivity contribution in [2.24, 2.45) is 0 Å². The van der Waals surface area contributed by atoms with Gasteiger partial charge in [0, 0.05) is 0 Å². The van der Waals surface area contributed by atoms with E-state index in [4.69, 9.17) is 0 Å². The average Bonchev–Trinajstić information content (AvgIpc) is 2.48. The quantitative estimate of drug-likeness (QED) is 0.600. The molecule has 0 spiro atoms. The minimum atomic E-state index is 0.462. The highest BCUT2D eigenvalue weighted by Crippen LogP contribution is 2.17. The van der Waals surface area contributed by atoms with Crippen molar-refractivity contribution >= 4 is 6.47 Å². The van der Waals surface area contributed by atoms with Crippen molar-refractivity contribution in [1.82, 2.24) is 0 Å². The van der Waals surface area contributed by atoms with Crippen molar-refractivity contribution in [3.05, 3.63) is 60.7 Å². The summed E-state index contributed by atoms with van der Waals surface area (Å²) in [6.07, 6.45) is 0.902. The number of hydrogen-bond acceptors (Lipinski definition) is 2. The molecule has 18 heavy (non-hydrogen) atoms. The van der Waals surface area contributed by atoms with Crippen LogP contribution in [-0.2, 0) is 9.53 Å². The Labute approximate surface area is 108 Å². The third-order valence-electron chi connectivity index (χ3n) is 2.27. The molecule has 2 aromatic rings. The van der Waals surface area contributed by atoms with Crippen molar-refractivity contribution in [2.75, 3.05) is 6.61 Å². The van der Waals surface area contributed by atoms with Crippen LogP contribution in [0.25, 0.3) is 11.1 Å². The van der Waals surface area contributed by atoms with Gasteiger partial charge in [-0.2, -0.15) is 0 Å². The molecular formula is C16H18O2. The van der Waals surface area contributed by atoms with Crippen LogP contribution in [0.4, 0.5) is 0 Å². The first kappa shape index (κ1) is 14.0. The lowest BCUT2D eigenvalue weighted by atomic mass is 10.1. The average molecular weight is 242 g/mol. The molecule has 0 aliphatic rings. The number of rotatable bonds is 4. The molecule has 0 aliphatic heterocycles. The van der Waals surface area contributed by atoms with Crippen LogP contribution in [0.5, 0.6) is 0 Å². The van der Waals surface area contributed by atoms with Crippen molar-refractivity contribution in [1.29, 1.82) is 0 Å². The van der Waals surface area contributed by atoms with E-state index in [-0.39, 0.29) is 0 Å². The normalized spacial score (nSPS) is 8.94. The van der Waals surface area contributed by atoms with Gasteiger partial charge in [-0.15, -0.1) is 0 Å². The molecule has 0 heterocycles. The molecule has 0 aliphatic carbocycles. The smallest absolute Gasteiger partial charge is 0.293 e. The van der Waals surface area contributed by atoms with E-state index in [2.05, 4.69) is 53.3 Å². The Morgan fingerprint density at radius 2 is 1.33 bits per heavy atom. The minimum Gasteiger partial charge on any atom is -0.468 e. The fourth-order valence-corrected chi connectivity index (χ4v) is 1.43. The zero-order valence-corrected chi connectivity index (χ0v) is 10.6. The van der Waals surface area contributed by atoms with Crippen LogP contribution in [0.15, 0.2) is 60.7 Å². The lowest BCUT2D eigenvalue weighted by molar-refractivity contribution is -0.128. The molecule has 0 radical (unpaired) electrons. The van der Waals surface area contributed by atoms with E-state index in [0.717, 1.165) is 6.42 Å². The van der Waals surface area contributed by atoms with Crippen molar-refractivity contribution in [3.8, 4) is 11.1 Å². The minimum absolute atomic E-state index is 0.462. The van der Waals surface area contributed by atoms with Gasteiger partial charge >= 0.3 is 0 Å². The molecule has 0 saturated heterocycles. The molecule has 0 amide bonds. The van der Waals surface area contributed by atoms with Crippen molar-refractivity contribution in [2.45, 2.75) is 13.3 Å². The maximum absolute atomic E-state index is 9.34. The molecule has 2 rings (SSSR count). The van der Waals surface area contributed by atoms with Gasteiger partial charge in [0.05, 0.1) is 6.61 Å². The molecule has 0 N–H and O–H groups in total. The third kappa shape index (κ3) is 5.30. The second-order valence-corrected chi connectivity index (χ2v) is 3.70. The van der Waals surface area contributed by atoms with E-state index in [0.29, 0.717) is 13.1 Å². The summed E-state index contributed by atoms with van der Waals surface area (Å²) in [4.78, 5) is 9.34. The highest BCUT2D eigenvalue weighted by atomic mass is 16.5. The molecule has 0 saturated carbocycles. The number of ether oxygens (including phenoxy) is 1. The summed E-state index contributed by atoms with van der Waals surface area (Å²) in [5.74, 6) is 0. The topological polar surface area (TPSA) is 26.3 Å². The summed E-state index contributed by atoms with van der Waals surface area (Å²) in [6, 6.07) is 20.8. The first-order valence-corrected chi connectivity index (χ1v) is 6.04. The van der Waals surface area contributed by atoms with Crippen LogP contribution in [0, 0.1) is 0 Å². The summed E-state index contributed by atoms with van der Waals surface area (Å²) >= 11 is 0. The fourth-order valence-electron chi connectivity index (χ4n) is 1.43. The van der Waals surface area contributed by atoms with E-state index >= 15 is 0 Å². The molecule has 2 heteroatoms. The van der Waals surface area contributed by atoms with Crippen LogP contribution in [0.1, 0.15) is 13.3 Å². The molecule has 0 unspecified atom stereocenters. The first-order chi connectivity index (χ1) is 8.88. The van der Waals surface area contributed by atoms with Gasteiger partial charge < -0.3 is 4.74 Å². The lowest BCUT2D eigenvalue weighted by Crippen LogP contribution is -1.86. The molecule has 2 aromatic carbocycles. The predicted octanol–water partition coefficient (Wildman–Crippen LogP) is 3.92. The second kappa shape index (κ2) is 8.99. The largest absolute Gasteiger partial charge is 0.468 e. The first-order valence-electron chi connectivity index (χ1n) is 6.04. The molecular weight excluding hydrogens is 224 g/mol. The van der Waals surface area contributed by atoms with E-state index in [1.54, 1.807) is 0 Å². The SMILES string of the molecule is CCCOC=O.c1ccc(-c2ccccc2)cc1. The Hall–Kier alpha value is -2.09. The Morgan fingerprint density at radius 3 is 1.61 bits per heavy atom. The number of carbonyl (C=O) groups excluding carboxylic acids is 1. The highest BCUT2D eigenvalue weighted by Gasteiger charge is 1.91. The van der Waals surface area contributed by atoms with Crippen LogP contribution < -0.4 is 0 Å². The summed E-state index contributed by atoms with van der Waals surface area (Å²) < 4.78 is 4.30. The van der Waals surface area contributed by atoms with Gasteiger partial charge in [-0.05, 0) is 17.5 Å². The Kier molecular flexibility index (Phi) is 6.98. The summed E-state index contributed by atoms with van der Waals surface area (Å²) in [6.45, 7) is 2.95. The van der Waals surface area contributed by atoms with Gasteiger partial charge in [0.25, 0.3) is 6.47 Å². The molecule has 94 valence electrons. The Balaban J connectivity index is 0.000000232. The monoisotopic (exact) mass is 242 g/mol. The predicted molar refractivity (Wildman–Crippen MR) is 74.2 cm³/mol. The van der Waals surface area contributed by atoms with E-state index in [1.165, 1.54) is 11.1 Å². The lowest BCUT2D eigenvalue weighted by Gasteiger charge is -1.98. The molecule has 0 atom stereocenters. The maximum Gasteiger partial charge on any atom is 0.293 e. The van der Waals surface area contributed by atoms with E-state index in [9.17, 15) is 4.79 Å². The van der Waals surface area contributed by atoms with Gasteiger partial charge in [0.15, 0.2) is 0 Å². The number of carbonyl (C=O) groups is 1. The number of hydrogen-bond donors (Lipinski definition) is 0. The summed E-state index contributed by atoms with van der Waals surface area (Å²) in [7, 11) is 0. The number of benzene rings is 2. The van der Waals surface area contributed by atoms with E-state index < -0.39 is 0 Å². The molecule has 2 nitrogen and oxygen atoms in total. The summed E-state index contributed by atoms with van der Waals surface area (Å²) in [5, 5.41) is 0. The Bertz CT molecular complexity index is 386. The molecule has 0 aromatic heterocycles. The zero-order valence-electron chi connectivity index (χ0n) is 10.6. The fraction of sp³-hybridized carbons (Fsp3) is 0.188. The van der Waals surface area contributed by atoms with Gasteiger partial charge in [-0.3, -0.25) is 4.79 Å².